The number of nitrogens with one attached hydrogen (secondary N) is 1. The average Bonchev–Trinajstić information content (AvgIpc) is 2.20. The summed E-state index contributed by atoms with van der Waals surface area (Å²) in [5, 5.41) is 2.75. The normalized spacial score (nSPS) is 13.9. The minimum absolute atomic E-state index is 0.803. The summed E-state index contributed by atoms with van der Waals surface area (Å²) < 4.78 is 5.35. The van der Waals surface area contributed by atoms with E-state index in [-0.39, 0.29) is 0 Å². The number of hydrogen-bond donors (Lipinski definition) is 1. The molecule has 2 nitrogen and oxygen atoms in total. The molecular weight excluding hydrogens is 174 g/mol. The number of benzene rings is 1. The lowest BCUT2D eigenvalue weighted by Gasteiger charge is -2.17. The average molecular weight is 193 g/mol. The van der Waals surface area contributed by atoms with Gasteiger partial charge < -0.3 is 10.1 Å². The first-order chi connectivity index (χ1) is 6.79. The van der Waals surface area contributed by atoms with E-state index in [1.807, 2.05) is 14.1 Å². The Morgan fingerprint density at radius 2 is 2.00 bits per heavy atom. The maximum Gasteiger partial charge on any atom is 0.0719 e. The molecule has 0 bridgehead atoms. The van der Waals surface area contributed by atoms with Crippen molar-refractivity contribution in [2.75, 3.05) is 20.7 Å². The van der Waals surface area contributed by atoms with Crippen LogP contribution in [0.2, 0.25) is 0 Å². The molecule has 0 saturated carbocycles. The Bertz CT molecular complexity index is 284. The lowest BCUT2D eigenvalue weighted by molar-refractivity contribution is 0.110. The number of aryl methyl sites for hydroxylation is 1. The summed E-state index contributed by atoms with van der Waals surface area (Å²) >= 11 is 0. The first-order valence-electron chi connectivity index (χ1n) is 5.03. The van der Waals surface area contributed by atoms with Crippen LogP contribution in [0, 0.1) is 6.92 Å². The fraction of sp³-hybridized carbons (Fsp3) is 0.500. The van der Waals surface area contributed by atoms with Crippen molar-refractivity contribution in [1.29, 1.82) is 0 Å². The van der Waals surface area contributed by atoms with Crippen molar-refractivity contribution in [3.63, 3.8) is 0 Å². The predicted molar refractivity (Wildman–Crippen MR) is 59.5 cm³/mol. The van der Waals surface area contributed by atoms with Crippen LogP contribution < -0.4 is 5.32 Å². The molecule has 0 radical (unpaired) electrons. The second kappa shape index (κ2) is 5.78. The van der Waals surface area contributed by atoms with E-state index in [1.165, 1.54) is 16.7 Å². The molecule has 0 fully saturated rings. The second-order valence-electron chi connectivity index (χ2n) is 3.52. The van der Waals surface area contributed by atoms with Gasteiger partial charge in [0.1, 0.15) is 0 Å². The minimum Gasteiger partial charge on any atom is -0.376 e. The van der Waals surface area contributed by atoms with E-state index in [9.17, 15) is 0 Å². The lowest BCUT2D eigenvalue weighted by Crippen LogP contribution is -2.10. The van der Waals surface area contributed by atoms with Crippen LogP contribution in [0.3, 0.4) is 0 Å². The number of rotatable bonds is 0. The van der Waals surface area contributed by atoms with E-state index < -0.39 is 0 Å². The Morgan fingerprint density at radius 3 is 2.64 bits per heavy atom. The van der Waals surface area contributed by atoms with Gasteiger partial charge in [-0.25, -0.2) is 0 Å². The van der Waals surface area contributed by atoms with Gasteiger partial charge >= 0.3 is 0 Å². The predicted octanol–water partition coefficient (Wildman–Crippen LogP) is 1.90. The lowest BCUT2D eigenvalue weighted by atomic mass is 9.98. The van der Waals surface area contributed by atoms with Gasteiger partial charge in [0.15, 0.2) is 0 Å². The Labute approximate surface area is 86.3 Å². The van der Waals surface area contributed by atoms with Crippen molar-refractivity contribution in [2.24, 2.45) is 0 Å². The van der Waals surface area contributed by atoms with Gasteiger partial charge in [-0.2, -0.15) is 0 Å². The second-order valence-corrected chi connectivity index (χ2v) is 3.52. The zero-order valence-corrected chi connectivity index (χ0v) is 9.26. The van der Waals surface area contributed by atoms with Gasteiger partial charge in [-0.15, -0.1) is 0 Å². The first kappa shape index (κ1) is 11.2. The molecular formula is C12H19NO. The largest absolute Gasteiger partial charge is 0.376 e. The fourth-order valence-corrected chi connectivity index (χ4v) is 1.61. The van der Waals surface area contributed by atoms with Gasteiger partial charge in [-0.1, -0.05) is 18.2 Å². The van der Waals surface area contributed by atoms with Crippen LogP contribution in [0.5, 0.6) is 0 Å². The standard InChI is InChI=1S/C10H12O.C2H7N/c1-8-3-2-4-9-7-11-6-5-10(8)9;1-3-2/h2-4H,5-7H2,1H3;3H,1-2H3. The van der Waals surface area contributed by atoms with Crippen molar-refractivity contribution in [1.82, 2.24) is 5.32 Å². The third-order valence-corrected chi connectivity index (χ3v) is 2.26. The summed E-state index contributed by atoms with van der Waals surface area (Å²) in [6, 6.07) is 6.43. The molecule has 14 heavy (non-hydrogen) atoms. The molecule has 0 unspecified atom stereocenters. The van der Waals surface area contributed by atoms with Crippen LogP contribution in [0.4, 0.5) is 0 Å². The monoisotopic (exact) mass is 193 g/mol. The molecule has 78 valence electrons. The van der Waals surface area contributed by atoms with Crippen LogP contribution in [0.1, 0.15) is 16.7 Å². The highest BCUT2D eigenvalue weighted by atomic mass is 16.5. The zero-order chi connectivity index (χ0) is 10.4. The Hall–Kier alpha value is -0.860. The molecule has 1 heterocycles. The minimum atomic E-state index is 0.803. The Kier molecular flexibility index (Phi) is 4.63. The third kappa shape index (κ3) is 2.82. The van der Waals surface area contributed by atoms with E-state index in [0.29, 0.717) is 0 Å². The number of hydrogen-bond acceptors (Lipinski definition) is 2. The van der Waals surface area contributed by atoms with E-state index in [1.54, 1.807) is 0 Å². The molecule has 2 rings (SSSR count). The van der Waals surface area contributed by atoms with Gasteiger partial charge in [0.25, 0.3) is 0 Å². The maximum atomic E-state index is 5.35. The van der Waals surface area contributed by atoms with Crippen LogP contribution in [0.25, 0.3) is 0 Å². The molecule has 1 aromatic carbocycles. The summed E-state index contributed by atoms with van der Waals surface area (Å²) in [5.74, 6) is 0. The summed E-state index contributed by atoms with van der Waals surface area (Å²) in [6.45, 7) is 3.86. The van der Waals surface area contributed by atoms with Crippen LogP contribution in [-0.4, -0.2) is 20.7 Å². The molecule has 0 atom stereocenters. The molecule has 0 aromatic heterocycles. The van der Waals surface area contributed by atoms with Crippen molar-refractivity contribution < 1.29 is 4.74 Å². The highest BCUT2D eigenvalue weighted by molar-refractivity contribution is 5.35. The van der Waals surface area contributed by atoms with E-state index in [0.717, 1.165) is 19.6 Å². The maximum absolute atomic E-state index is 5.35. The number of fused-ring (bicyclic) bond motifs is 1. The summed E-state index contributed by atoms with van der Waals surface area (Å²) in [5.41, 5.74) is 4.28. The molecule has 2 heteroatoms. The van der Waals surface area contributed by atoms with Gasteiger partial charge in [-0.3, -0.25) is 0 Å². The summed E-state index contributed by atoms with van der Waals surface area (Å²) in [7, 11) is 3.75. The van der Waals surface area contributed by atoms with Gasteiger partial charge in [-0.05, 0) is 44.1 Å². The van der Waals surface area contributed by atoms with Crippen LogP contribution in [0.15, 0.2) is 18.2 Å². The molecule has 0 saturated heterocycles. The van der Waals surface area contributed by atoms with Crippen molar-refractivity contribution in [3.8, 4) is 0 Å². The smallest absolute Gasteiger partial charge is 0.0719 e. The summed E-state index contributed by atoms with van der Waals surface area (Å²) in [6.07, 6.45) is 1.09. The van der Waals surface area contributed by atoms with E-state index >= 15 is 0 Å². The highest BCUT2D eigenvalue weighted by Gasteiger charge is 2.09. The first-order valence-corrected chi connectivity index (χ1v) is 5.03. The van der Waals surface area contributed by atoms with Gasteiger partial charge in [0.05, 0.1) is 13.2 Å². The topological polar surface area (TPSA) is 21.3 Å². The zero-order valence-electron chi connectivity index (χ0n) is 9.26. The van der Waals surface area contributed by atoms with Gasteiger partial charge in [0, 0.05) is 0 Å². The molecule has 1 N–H and O–H groups in total. The molecule has 1 aliphatic rings. The fourth-order valence-electron chi connectivity index (χ4n) is 1.61. The van der Waals surface area contributed by atoms with Crippen molar-refractivity contribution >= 4 is 0 Å². The van der Waals surface area contributed by atoms with Crippen LogP contribution >= 0.6 is 0 Å². The van der Waals surface area contributed by atoms with Crippen LogP contribution in [-0.2, 0) is 17.8 Å². The van der Waals surface area contributed by atoms with E-state index in [4.69, 9.17) is 4.74 Å². The molecule has 0 aliphatic carbocycles. The van der Waals surface area contributed by atoms with E-state index in [2.05, 4.69) is 30.4 Å². The molecule has 1 aromatic rings. The Balaban J connectivity index is 0.000000293. The third-order valence-electron chi connectivity index (χ3n) is 2.26. The van der Waals surface area contributed by atoms with Crippen molar-refractivity contribution in [3.05, 3.63) is 34.9 Å². The van der Waals surface area contributed by atoms with Gasteiger partial charge in [0.2, 0.25) is 0 Å². The SMILES string of the molecule is CNC.Cc1cccc2c1CCOC2. The quantitative estimate of drug-likeness (QED) is 0.679. The Morgan fingerprint density at radius 1 is 1.29 bits per heavy atom. The van der Waals surface area contributed by atoms with Crippen molar-refractivity contribution in [2.45, 2.75) is 20.0 Å². The molecule has 1 aliphatic heterocycles. The molecule has 0 amide bonds. The number of ether oxygens (including phenoxy) is 1. The summed E-state index contributed by atoms with van der Waals surface area (Å²) in [4.78, 5) is 0. The molecule has 0 spiro atoms. The highest BCUT2D eigenvalue weighted by Crippen LogP contribution is 2.19.